The third-order valence-electron chi connectivity index (χ3n) is 8.83. The summed E-state index contributed by atoms with van der Waals surface area (Å²) in [5.41, 5.74) is 0.713. The Hall–Kier alpha value is -3.48. The van der Waals surface area contributed by atoms with E-state index in [1.165, 1.54) is 19.9 Å². The maximum Gasteiger partial charge on any atom is 0.331 e. The first-order chi connectivity index (χ1) is 18.8. The van der Waals surface area contributed by atoms with Crippen molar-refractivity contribution in [2.24, 2.45) is 29.1 Å². The highest BCUT2D eigenvalue weighted by Crippen LogP contribution is 2.62. The lowest BCUT2D eigenvalue weighted by Crippen LogP contribution is -2.48. The summed E-state index contributed by atoms with van der Waals surface area (Å²) >= 11 is 0. The van der Waals surface area contributed by atoms with Gasteiger partial charge in [-0.15, -0.1) is 0 Å². The molecule has 4 rings (SSSR count). The fraction of sp³-hybridized carbons (Fsp3) is 0.515. The topological polar surface area (TPSA) is 96.0 Å². The quantitative estimate of drug-likeness (QED) is 0.196. The molecule has 2 fully saturated rings. The maximum atomic E-state index is 14.2. The first-order valence-corrected chi connectivity index (χ1v) is 14.0. The van der Waals surface area contributed by atoms with Crippen molar-refractivity contribution in [2.75, 3.05) is 6.61 Å². The number of ether oxygens (including phenoxy) is 3. The molecule has 0 saturated heterocycles. The lowest BCUT2D eigenvalue weighted by Gasteiger charge is -2.34. The average molecular weight is 549 g/mol. The van der Waals surface area contributed by atoms with Gasteiger partial charge in [0.25, 0.3) is 0 Å². The summed E-state index contributed by atoms with van der Waals surface area (Å²) in [5, 5.41) is 0. The molecule has 0 spiro atoms. The van der Waals surface area contributed by atoms with E-state index in [0.29, 0.717) is 17.9 Å². The van der Waals surface area contributed by atoms with Crippen LogP contribution in [-0.2, 0) is 33.4 Å². The first-order valence-electron chi connectivity index (χ1n) is 14.0. The van der Waals surface area contributed by atoms with Crippen molar-refractivity contribution in [1.82, 2.24) is 0 Å². The van der Waals surface area contributed by atoms with Crippen molar-refractivity contribution in [3.8, 4) is 0 Å². The van der Waals surface area contributed by atoms with Gasteiger partial charge in [-0.05, 0) is 65.7 Å². The van der Waals surface area contributed by atoms with Crippen LogP contribution in [0.2, 0.25) is 0 Å². The molecule has 3 aliphatic carbocycles. The van der Waals surface area contributed by atoms with Crippen molar-refractivity contribution < 1.29 is 33.4 Å². The average Bonchev–Trinajstić information content (AvgIpc) is 3.30. The molecule has 0 aromatic heterocycles. The number of fused-ring (bicyclic) bond motifs is 2. The van der Waals surface area contributed by atoms with Crippen molar-refractivity contribution in [2.45, 2.75) is 72.5 Å². The standard InChI is InChI=1S/C33H40O7/c1-20-16-27-26(32(27,5)6)14-12-25(19-38-22(3)34)17-28-30(21(2)18-33(28,31(20)37)40-23(4)35)39-29(36)15-13-24-10-8-7-9-11-24/h7-11,13,15-17,21,26-28,30H,12,14,18-19H2,1-6H3/b15-13+,20-16+,25-17+/t21-,26-,27+,28-,30-,33+/m0/s1. The van der Waals surface area contributed by atoms with Gasteiger partial charge in [0.05, 0.1) is 5.92 Å². The van der Waals surface area contributed by atoms with Crippen LogP contribution in [0.5, 0.6) is 0 Å². The van der Waals surface area contributed by atoms with Gasteiger partial charge < -0.3 is 14.2 Å². The number of ketones is 1. The van der Waals surface area contributed by atoms with E-state index in [1.54, 1.807) is 13.0 Å². The number of hydrogen-bond donors (Lipinski definition) is 0. The van der Waals surface area contributed by atoms with Crippen LogP contribution in [0, 0.1) is 29.1 Å². The fourth-order valence-corrected chi connectivity index (χ4v) is 6.67. The minimum atomic E-state index is -1.54. The van der Waals surface area contributed by atoms with Crippen molar-refractivity contribution >= 4 is 29.8 Å². The van der Waals surface area contributed by atoms with Gasteiger partial charge in [-0.2, -0.15) is 0 Å². The number of carbonyl (C=O) groups excluding carboxylic acids is 4. The van der Waals surface area contributed by atoms with Crippen LogP contribution in [0.25, 0.3) is 6.08 Å². The summed E-state index contributed by atoms with van der Waals surface area (Å²) in [5.74, 6) is -2.26. The Bertz CT molecular complexity index is 1250. The molecule has 0 bridgehead atoms. The van der Waals surface area contributed by atoms with Gasteiger partial charge in [0.1, 0.15) is 12.7 Å². The second-order valence-electron chi connectivity index (χ2n) is 12.1. The van der Waals surface area contributed by atoms with Crippen LogP contribution in [0.1, 0.15) is 66.4 Å². The number of esters is 3. The largest absolute Gasteiger partial charge is 0.461 e. The Morgan fingerprint density at radius 1 is 1.02 bits per heavy atom. The van der Waals surface area contributed by atoms with Crippen LogP contribution in [0.3, 0.4) is 0 Å². The predicted octanol–water partition coefficient (Wildman–Crippen LogP) is 5.64. The molecule has 40 heavy (non-hydrogen) atoms. The fourth-order valence-electron chi connectivity index (χ4n) is 6.67. The Morgan fingerprint density at radius 3 is 2.38 bits per heavy atom. The van der Waals surface area contributed by atoms with Crippen LogP contribution in [-0.4, -0.2) is 42.0 Å². The molecule has 0 radical (unpaired) electrons. The molecule has 0 heterocycles. The van der Waals surface area contributed by atoms with Gasteiger partial charge in [0.2, 0.25) is 5.78 Å². The van der Waals surface area contributed by atoms with Crippen LogP contribution in [0.15, 0.2) is 59.7 Å². The molecule has 214 valence electrons. The third kappa shape index (κ3) is 6.13. The smallest absolute Gasteiger partial charge is 0.331 e. The highest BCUT2D eigenvalue weighted by Gasteiger charge is 2.61. The van der Waals surface area contributed by atoms with E-state index in [2.05, 4.69) is 13.8 Å². The van der Waals surface area contributed by atoms with Gasteiger partial charge in [-0.1, -0.05) is 63.3 Å². The van der Waals surface area contributed by atoms with Crippen molar-refractivity contribution in [3.63, 3.8) is 0 Å². The lowest BCUT2D eigenvalue weighted by atomic mass is 9.81. The normalized spacial score (nSPS) is 33.8. The van der Waals surface area contributed by atoms with Crippen LogP contribution >= 0.6 is 0 Å². The summed E-state index contributed by atoms with van der Waals surface area (Å²) < 4.78 is 17.3. The third-order valence-corrected chi connectivity index (χ3v) is 8.83. The van der Waals surface area contributed by atoms with E-state index in [4.69, 9.17) is 14.2 Å². The van der Waals surface area contributed by atoms with E-state index in [1.807, 2.05) is 49.4 Å². The number of Topliss-reactive ketones (excluding diaryl/α,β-unsaturated/α-hetero) is 1. The monoisotopic (exact) mass is 548 g/mol. The zero-order chi connectivity index (χ0) is 29.2. The lowest BCUT2D eigenvalue weighted by molar-refractivity contribution is -0.169. The SMILES string of the molecule is CC(=O)OC/C1=C/[C@H]2[C@@H](OC(=O)/C=C/c3ccccc3)[C@@H](C)C[C@]2(OC(C)=O)C(=O)/C(C)=C/[C@@H]2[C@H](CC1)C2(C)C. The van der Waals surface area contributed by atoms with Crippen molar-refractivity contribution in [3.05, 3.63) is 65.3 Å². The first kappa shape index (κ1) is 29.5. The minimum Gasteiger partial charge on any atom is -0.461 e. The van der Waals surface area contributed by atoms with Crippen molar-refractivity contribution in [1.29, 1.82) is 0 Å². The molecule has 0 aliphatic heterocycles. The van der Waals surface area contributed by atoms with Gasteiger partial charge in [0, 0.05) is 26.3 Å². The van der Waals surface area contributed by atoms with E-state index in [0.717, 1.165) is 17.6 Å². The molecule has 7 nitrogen and oxygen atoms in total. The van der Waals surface area contributed by atoms with E-state index < -0.39 is 35.5 Å². The molecular weight excluding hydrogens is 508 g/mol. The molecule has 1 aromatic carbocycles. The van der Waals surface area contributed by atoms with Gasteiger partial charge in [0.15, 0.2) is 5.60 Å². The Kier molecular flexibility index (Phi) is 8.52. The Morgan fingerprint density at radius 2 is 1.73 bits per heavy atom. The number of carbonyl (C=O) groups is 4. The van der Waals surface area contributed by atoms with E-state index in [9.17, 15) is 19.2 Å². The zero-order valence-corrected chi connectivity index (χ0v) is 24.3. The van der Waals surface area contributed by atoms with Gasteiger partial charge in [-0.25, -0.2) is 4.79 Å². The summed E-state index contributed by atoms with van der Waals surface area (Å²) in [4.78, 5) is 51.4. The number of benzene rings is 1. The highest BCUT2D eigenvalue weighted by molar-refractivity contribution is 6.03. The molecule has 0 N–H and O–H groups in total. The number of hydrogen-bond acceptors (Lipinski definition) is 7. The minimum absolute atomic E-state index is 0.0351. The molecule has 3 aliphatic rings. The Labute approximate surface area is 236 Å². The molecule has 7 heteroatoms. The molecule has 0 amide bonds. The highest BCUT2D eigenvalue weighted by atomic mass is 16.6. The summed E-state index contributed by atoms with van der Waals surface area (Å²) in [6, 6.07) is 9.40. The summed E-state index contributed by atoms with van der Waals surface area (Å²) in [6.07, 6.45) is 7.91. The molecule has 6 atom stereocenters. The van der Waals surface area contributed by atoms with E-state index >= 15 is 0 Å². The van der Waals surface area contributed by atoms with Crippen LogP contribution in [0.4, 0.5) is 0 Å². The maximum absolute atomic E-state index is 14.2. The molecular formula is C33H40O7. The Balaban J connectivity index is 1.76. The molecule has 1 aromatic rings. The number of allylic oxidation sites excluding steroid dienone is 1. The van der Waals surface area contributed by atoms with Gasteiger partial charge >= 0.3 is 17.9 Å². The predicted molar refractivity (Wildman–Crippen MR) is 151 cm³/mol. The second kappa shape index (κ2) is 11.6. The zero-order valence-electron chi connectivity index (χ0n) is 24.3. The van der Waals surface area contributed by atoms with Gasteiger partial charge in [-0.3, -0.25) is 14.4 Å². The molecule has 2 saturated carbocycles. The summed E-state index contributed by atoms with van der Waals surface area (Å²) in [6.45, 7) is 10.8. The van der Waals surface area contributed by atoms with Crippen LogP contribution < -0.4 is 0 Å². The number of rotatable bonds is 6. The van der Waals surface area contributed by atoms with E-state index in [-0.39, 0.29) is 36.1 Å². The second-order valence-corrected chi connectivity index (χ2v) is 12.1. The molecule has 0 unspecified atom stereocenters. The summed E-state index contributed by atoms with van der Waals surface area (Å²) in [7, 11) is 0.